The van der Waals surface area contributed by atoms with E-state index in [1.54, 1.807) is 13.0 Å². The summed E-state index contributed by atoms with van der Waals surface area (Å²) in [5.41, 5.74) is 0.347. The van der Waals surface area contributed by atoms with E-state index in [1.807, 2.05) is 0 Å². The molecule has 106 valence electrons. The molecule has 1 aromatic rings. The van der Waals surface area contributed by atoms with Crippen molar-refractivity contribution in [3.8, 4) is 0 Å². The molecule has 0 aliphatic carbocycles. The first-order chi connectivity index (χ1) is 8.86. The van der Waals surface area contributed by atoms with Crippen LogP contribution in [0.25, 0.3) is 0 Å². The Morgan fingerprint density at radius 1 is 1.37 bits per heavy atom. The summed E-state index contributed by atoms with van der Waals surface area (Å²) in [5, 5.41) is 0. The summed E-state index contributed by atoms with van der Waals surface area (Å²) >= 11 is 0. The average Bonchev–Trinajstić information content (AvgIpc) is 2.38. The molecule has 0 amide bonds. The molecule has 0 aliphatic heterocycles. The molecule has 0 spiro atoms. The number of Topliss-reactive ketones (excluding diaryl/α,β-unsaturated/α-hetero) is 1. The van der Waals surface area contributed by atoms with Crippen LogP contribution < -0.4 is 4.72 Å². The number of benzene rings is 1. The molecule has 19 heavy (non-hydrogen) atoms. The predicted molar refractivity (Wildman–Crippen MR) is 75.2 cm³/mol. The van der Waals surface area contributed by atoms with Gasteiger partial charge in [0, 0.05) is 34.4 Å². The molecule has 1 atom stereocenters. The minimum Gasteiger partial charge on any atom is -0.295 e. The molecular formula is C12H17NO4S2. The molecule has 1 N–H and O–H groups in total. The predicted octanol–water partition coefficient (Wildman–Crippen LogP) is 0.936. The van der Waals surface area contributed by atoms with E-state index < -0.39 is 20.8 Å². The minimum absolute atomic E-state index is 0.0440. The molecule has 0 heterocycles. The first kappa shape index (κ1) is 16.0. The first-order valence-corrected chi connectivity index (χ1v) is 8.79. The lowest BCUT2D eigenvalue weighted by Crippen LogP contribution is -2.28. The maximum atomic E-state index is 12.0. The van der Waals surface area contributed by atoms with Crippen LogP contribution in [-0.2, 0) is 20.8 Å². The lowest BCUT2D eigenvalue weighted by Gasteiger charge is -2.07. The van der Waals surface area contributed by atoms with Crippen molar-refractivity contribution in [3.05, 3.63) is 29.8 Å². The van der Waals surface area contributed by atoms with Gasteiger partial charge < -0.3 is 0 Å². The van der Waals surface area contributed by atoms with Crippen LogP contribution in [0.1, 0.15) is 24.2 Å². The highest BCUT2D eigenvalue weighted by Crippen LogP contribution is 2.11. The van der Waals surface area contributed by atoms with Crippen LogP contribution in [0.5, 0.6) is 0 Å². The Morgan fingerprint density at radius 3 is 2.63 bits per heavy atom. The Morgan fingerprint density at radius 2 is 2.05 bits per heavy atom. The van der Waals surface area contributed by atoms with Gasteiger partial charge >= 0.3 is 0 Å². The van der Waals surface area contributed by atoms with Gasteiger partial charge in [-0.1, -0.05) is 19.1 Å². The summed E-state index contributed by atoms with van der Waals surface area (Å²) in [6.45, 7) is 3.28. The van der Waals surface area contributed by atoms with Gasteiger partial charge in [-0.25, -0.2) is 13.1 Å². The van der Waals surface area contributed by atoms with Crippen LogP contribution in [0.3, 0.4) is 0 Å². The van der Waals surface area contributed by atoms with Crippen molar-refractivity contribution in [3.63, 3.8) is 0 Å². The summed E-state index contributed by atoms with van der Waals surface area (Å²) < 4.78 is 37.5. The summed E-state index contributed by atoms with van der Waals surface area (Å²) in [6, 6.07) is 5.84. The zero-order valence-electron chi connectivity index (χ0n) is 10.9. The molecule has 1 aromatic carbocycles. The molecule has 5 nitrogen and oxygen atoms in total. The standard InChI is InChI=1S/C12H17NO4S2/c1-3-18(15)8-7-13-19(16,17)12-6-4-5-11(9-12)10(2)14/h4-6,9,13H,3,7-8H2,1-2H3. The van der Waals surface area contributed by atoms with Gasteiger partial charge in [0.1, 0.15) is 0 Å². The summed E-state index contributed by atoms with van der Waals surface area (Å²) in [5.74, 6) is 0.591. The Hall–Kier alpha value is -1.05. The van der Waals surface area contributed by atoms with Gasteiger partial charge in [-0.15, -0.1) is 0 Å². The lowest BCUT2D eigenvalue weighted by molar-refractivity contribution is 0.101. The topological polar surface area (TPSA) is 80.3 Å². The number of carbonyl (C=O) groups excluding carboxylic acids is 1. The first-order valence-electron chi connectivity index (χ1n) is 5.82. The van der Waals surface area contributed by atoms with Crippen molar-refractivity contribution in [2.75, 3.05) is 18.1 Å². The van der Waals surface area contributed by atoms with Gasteiger partial charge in [-0.2, -0.15) is 0 Å². The van der Waals surface area contributed by atoms with Crippen LogP contribution in [-0.4, -0.2) is 36.5 Å². The van der Waals surface area contributed by atoms with E-state index in [-0.39, 0.29) is 23.0 Å². The normalized spacial score (nSPS) is 13.2. The highest BCUT2D eigenvalue weighted by molar-refractivity contribution is 7.89. The Kier molecular flexibility index (Phi) is 5.84. The summed E-state index contributed by atoms with van der Waals surface area (Å²) in [6.07, 6.45) is 0. The Balaban J connectivity index is 2.80. The highest BCUT2D eigenvalue weighted by Gasteiger charge is 2.15. The number of ketones is 1. The van der Waals surface area contributed by atoms with Crippen LogP contribution in [0.2, 0.25) is 0 Å². The number of sulfonamides is 1. The van der Waals surface area contributed by atoms with Crippen LogP contribution in [0.4, 0.5) is 0 Å². The number of hydrogen-bond donors (Lipinski definition) is 1. The van der Waals surface area contributed by atoms with E-state index in [9.17, 15) is 17.4 Å². The third-order valence-corrected chi connectivity index (χ3v) is 5.26. The van der Waals surface area contributed by atoms with Crippen LogP contribution in [0.15, 0.2) is 29.2 Å². The van der Waals surface area contributed by atoms with E-state index >= 15 is 0 Å². The summed E-state index contributed by atoms with van der Waals surface area (Å²) in [7, 11) is -4.67. The average molecular weight is 303 g/mol. The maximum Gasteiger partial charge on any atom is 0.240 e. The molecule has 0 fully saturated rings. The number of nitrogens with one attached hydrogen (secondary N) is 1. The molecule has 0 saturated carbocycles. The molecule has 0 radical (unpaired) electrons. The van der Waals surface area contributed by atoms with E-state index in [0.717, 1.165) is 0 Å². The van der Waals surface area contributed by atoms with E-state index in [1.165, 1.54) is 25.1 Å². The third-order valence-electron chi connectivity index (χ3n) is 2.49. The Bertz CT molecular complexity index is 581. The van der Waals surface area contributed by atoms with Crippen molar-refractivity contribution in [1.29, 1.82) is 0 Å². The largest absolute Gasteiger partial charge is 0.295 e. The van der Waals surface area contributed by atoms with E-state index in [4.69, 9.17) is 0 Å². The lowest BCUT2D eigenvalue weighted by atomic mass is 10.2. The molecule has 1 unspecified atom stereocenters. The van der Waals surface area contributed by atoms with Crippen LogP contribution in [0, 0.1) is 0 Å². The van der Waals surface area contributed by atoms with Gasteiger partial charge in [0.05, 0.1) is 4.90 Å². The van der Waals surface area contributed by atoms with Gasteiger partial charge in [-0.05, 0) is 19.1 Å². The fraction of sp³-hybridized carbons (Fsp3) is 0.417. The number of carbonyl (C=O) groups is 1. The highest BCUT2D eigenvalue weighted by atomic mass is 32.2. The minimum atomic E-state index is -3.66. The fourth-order valence-corrected chi connectivity index (χ4v) is 3.22. The zero-order chi connectivity index (χ0) is 14.5. The summed E-state index contributed by atoms with van der Waals surface area (Å²) in [4.78, 5) is 11.3. The van der Waals surface area contributed by atoms with Crippen molar-refractivity contribution < 1.29 is 17.4 Å². The van der Waals surface area contributed by atoms with Crippen LogP contribution >= 0.6 is 0 Å². The monoisotopic (exact) mass is 303 g/mol. The second-order valence-electron chi connectivity index (χ2n) is 3.91. The van der Waals surface area contributed by atoms with Crippen molar-refractivity contribution in [2.45, 2.75) is 18.7 Å². The molecular weight excluding hydrogens is 286 g/mol. The molecule has 0 aromatic heterocycles. The van der Waals surface area contributed by atoms with Gasteiger partial charge in [0.25, 0.3) is 0 Å². The maximum absolute atomic E-state index is 12.0. The van der Waals surface area contributed by atoms with E-state index in [0.29, 0.717) is 11.3 Å². The second-order valence-corrected chi connectivity index (χ2v) is 7.55. The van der Waals surface area contributed by atoms with Gasteiger partial charge in [0.15, 0.2) is 5.78 Å². The fourth-order valence-electron chi connectivity index (χ4n) is 1.40. The van der Waals surface area contributed by atoms with Crippen molar-refractivity contribution in [2.24, 2.45) is 0 Å². The molecule has 1 rings (SSSR count). The third kappa shape index (κ3) is 4.85. The number of hydrogen-bond acceptors (Lipinski definition) is 4. The molecule has 0 aliphatic rings. The van der Waals surface area contributed by atoms with Crippen molar-refractivity contribution in [1.82, 2.24) is 4.72 Å². The smallest absolute Gasteiger partial charge is 0.240 e. The second kappa shape index (κ2) is 6.93. The zero-order valence-corrected chi connectivity index (χ0v) is 12.5. The molecule has 0 bridgehead atoms. The van der Waals surface area contributed by atoms with Gasteiger partial charge in [0.2, 0.25) is 10.0 Å². The molecule has 0 saturated heterocycles. The molecule has 7 heteroatoms. The van der Waals surface area contributed by atoms with Gasteiger partial charge in [-0.3, -0.25) is 9.00 Å². The van der Waals surface area contributed by atoms with Crippen molar-refractivity contribution >= 4 is 26.6 Å². The quantitative estimate of drug-likeness (QED) is 0.760. The number of rotatable bonds is 7. The Labute approximate surface area is 115 Å². The SMILES string of the molecule is CCS(=O)CCNS(=O)(=O)c1cccc(C(C)=O)c1. The van der Waals surface area contributed by atoms with E-state index in [2.05, 4.69) is 4.72 Å².